The van der Waals surface area contributed by atoms with Crippen molar-refractivity contribution >= 4 is 34.1 Å². The van der Waals surface area contributed by atoms with Gasteiger partial charge in [0.1, 0.15) is 0 Å². The molecule has 0 amide bonds. The predicted molar refractivity (Wildman–Crippen MR) is 123 cm³/mol. The second-order valence-corrected chi connectivity index (χ2v) is 8.78. The van der Waals surface area contributed by atoms with E-state index in [9.17, 15) is 9.50 Å². The summed E-state index contributed by atoms with van der Waals surface area (Å²) in [7, 11) is 1.98. The number of aliphatic hydroxyl groups is 1. The summed E-state index contributed by atoms with van der Waals surface area (Å²) in [4.78, 5) is 10.7. The highest BCUT2D eigenvalue weighted by molar-refractivity contribution is 6.36. The number of aromatic nitrogens is 4. The topological polar surface area (TPSA) is 71.1 Å². The number of aliphatic hydroxyl groups excluding tert-OH is 1. The fourth-order valence-corrected chi connectivity index (χ4v) is 4.41. The lowest BCUT2D eigenvalue weighted by atomic mass is 10.1. The van der Waals surface area contributed by atoms with Crippen LogP contribution in [0.5, 0.6) is 0 Å². The minimum atomic E-state index is -0.506. The molecule has 1 saturated heterocycles. The number of likely N-dealkylation sites (tertiary alicyclic amines) is 1. The number of nitrogens with one attached hydrogen (secondary N) is 1. The normalized spacial score (nSPS) is 14.8. The summed E-state index contributed by atoms with van der Waals surface area (Å²) < 4.78 is 18.3. The molecule has 7 nitrogen and oxygen atoms in total. The SMILES string of the molecule is Cc1cn(-c2nc(Nc3ccc4c(c3)c(Cl)c(C)n4C)ncc2F)cc1CN1CC(O)C1. The molecule has 0 atom stereocenters. The average Bonchev–Trinajstić information content (AvgIpc) is 3.21. The Morgan fingerprint density at radius 3 is 2.78 bits per heavy atom. The standard InChI is InChI=1S/C23H24ClFN6O/c1-13-8-31(10-15(13)9-30-11-17(32)12-30)22-19(25)7-26-23(28-22)27-16-4-5-20-18(6-16)21(24)14(2)29(20)3/h4-8,10,17,32H,9,11-12H2,1-3H3,(H,26,27,28). The largest absolute Gasteiger partial charge is 0.390 e. The van der Waals surface area contributed by atoms with Crippen LogP contribution in [-0.2, 0) is 13.6 Å². The minimum Gasteiger partial charge on any atom is -0.390 e. The molecule has 1 fully saturated rings. The fourth-order valence-electron chi connectivity index (χ4n) is 4.13. The van der Waals surface area contributed by atoms with Gasteiger partial charge in [-0.05, 0) is 43.2 Å². The van der Waals surface area contributed by atoms with Crippen LogP contribution in [0.15, 0.2) is 36.8 Å². The Hall–Kier alpha value is -2.94. The van der Waals surface area contributed by atoms with Crippen LogP contribution in [-0.4, -0.2) is 48.3 Å². The average molecular weight is 455 g/mol. The number of fused-ring (bicyclic) bond motifs is 1. The zero-order chi connectivity index (χ0) is 22.6. The third-order valence-corrected chi connectivity index (χ3v) is 6.58. The molecule has 1 aliphatic heterocycles. The van der Waals surface area contributed by atoms with Crippen molar-refractivity contribution in [2.45, 2.75) is 26.5 Å². The van der Waals surface area contributed by atoms with Crippen molar-refractivity contribution < 1.29 is 9.50 Å². The summed E-state index contributed by atoms with van der Waals surface area (Å²) in [6.07, 6.45) is 4.66. The Morgan fingerprint density at radius 2 is 2.03 bits per heavy atom. The summed E-state index contributed by atoms with van der Waals surface area (Å²) in [5.41, 5.74) is 4.90. The van der Waals surface area contributed by atoms with Crippen LogP contribution in [0.25, 0.3) is 16.7 Å². The number of halogens is 2. The molecule has 0 radical (unpaired) electrons. The summed E-state index contributed by atoms with van der Waals surface area (Å²) in [6.45, 7) is 6.00. The highest BCUT2D eigenvalue weighted by Gasteiger charge is 2.25. The Morgan fingerprint density at radius 1 is 1.25 bits per heavy atom. The summed E-state index contributed by atoms with van der Waals surface area (Å²) in [5, 5.41) is 14.3. The van der Waals surface area contributed by atoms with Crippen molar-refractivity contribution in [1.29, 1.82) is 0 Å². The van der Waals surface area contributed by atoms with Crippen LogP contribution >= 0.6 is 11.6 Å². The smallest absolute Gasteiger partial charge is 0.229 e. The van der Waals surface area contributed by atoms with Crippen molar-refractivity contribution in [3.8, 4) is 5.82 Å². The van der Waals surface area contributed by atoms with Gasteiger partial charge in [0, 0.05) is 61.4 Å². The molecule has 166 valence electrons. The van der Waals surface area contributed by atoms with Crippen LogP contribution in [0, 0.1) is 19.7 Å². The maximum absolute atomic E-state index is 14.6. The number of nitrogens with zero attached hydrogens (tertiary/aromatic N) is 5. The quantitative estimate of drug-likeness (QED) is 0.475. The first-order chi connectivity index (χ1) is 15.3. The first-order valence-corrected chi connectivity index (χ1v) is 10.8. The highest BCUT2D eigenvalue weighted by atomic mass is 35.5. The highest BCUT2D eigenvalue weighted by Crippen LogP contribution is 2.32. The van der Waals surface area contributed by atoms with E-state index in [2.05, 4.69) is 20.2 Å². The van der Waals surface area contributed by atoms with Gasteiger partial charge in [0.05, 0.1) is 17.3 Å². The molecule has 2 N–H and O–H groups in total. The molecule has 3 aromatic heterocycles. The van der Waals surface area contributed by atoms with Gasteiger partial charge < -0.3 is 19.6 Å². The van der Waals surface area contributed by atoms with Crippen LogP contribution in [0.1, 0.15) is 16.8 Å². The van der Waals surface area contributed by atoms with Gasteiger partial charge in [0.2, 0.25) is 5.95 Å². The van der Waals surface area contributed by atoms with Crippen molar-refractivity contribution in [3.05, 3.63) is 64.5 Å². The van der Waals surface area contributed by atoms with E-state index in [1.165, 1.54) is 6.20 Å². The first-order valence-electron chi connectivity index (χ1n) is 10.4. The van der Waals surface area contributed by atoms with Crippen LogP contribution in [0.2, 0.25) is 5.02 Å². The molecule has 4 aromatic rings. The number of benzene rings is 1. The lowest BCUT2D eigenvalue weighted by Crippen LogP contribution is -2.49. The van der Waals surface area contributed by atoms with Crippen LogP contribution < -0.4 is 5.32 Å². The van der Waals surface area contributed by atoms with Crippen molar-refractivity contribution in [1.82, 2.24) is 24.0 Å². The Kier molecular flexibility index (Phi) is 5.16. The third kappa shape index (κ3) is 3.64. The molecular weight excluding hydrogens is 431 g/mol. The molecule has 32 heavy (non-hydrogen) atoms. The summed E-state index contributed by atoms with van der Waals surface area (Å²) >= 11 is 6.47. The van der Waals surface area contributed by atoms with E-state index in [4.69, 9.17) is 11.6 Å². The molecule has 0 saturated carbocycles. The van der Waals surface area contributed by atoms with E-state index in [0.717, 1.165) is 33.4 Å². The van der Waals surface area contributed by atoms with Crippen molar-refractivity contribution in [2.75, 3.05) is 18.4 Å². The third-order valence-electron chi connectivity index (χ3n) is 6.11. The maximum Gasteiger partial charge on any atom is 0.229 e. The predicted octanol–water partition coefficient (Wildman–Crippen LogP) is 4.09. The molecule has 1 aliphatic rings. The van der Waals surface area contributed by atoms with Gasteiger partial charge in [0.25, 0.3) is 0 Å². The second-order valence-electron chi connectivity index (χ2n) is 8.40. The Bertz CT molecular complexity index is 1320. The molecule has 0 aliphatic carbocycles. The van der Waals surface area contributed by atoms with Crippen molar-refractivity contribution in [2.24, 2.45) is 7.05 Å². The minimum absolute atomic E-state index is 0.176. The van der Waals surface area contributed by atoms with Gasteiger partial charge in [-0.3, -0.25) is 4.90 Å². The van der Waals surface area contributed by atoms with Crippen LogP contribution in [0.3, 0.4) is 0 Å². The number of rotatable bonds is 5. The van der Waals surface area contributed by atoms with E-state index in [0.29, 0.717) is 30.6 Å². The van der Waals surface area contributed by atoms with Gasteiger partial charge in [-0.15, -0.1) is 0 Å². The van der Waals surface area contributed by atoms with E-state index in [-0.39, 0.29) is 11.9 Å². The van der Waals surface area contributed by atoms with Gasteiger partial charge in [-0.25, -0.2) is 9.37 Å². The van der Waals surface area contributed by atoms with Gasteiger partial charge in [-0.1, -0.05) is 11.6 Å². The molecule has 1 aromatic carbocycles. The molecule has 0 bridgehead atoms. The summed E-state index contributed by atoms with van der Waals surface area (Å²) in [5.74, 6) is -0.0351. The number of anilines is 2. The van der Waals surface area contributed by atoms with E-state index in [1.807, 2.05) is 56.1 Å². The molecule has 9 heteroatoms. The van der Waals surface area contributed by atoms with Crippen LogP contribution in [0.4, 0.5) is 16.0 Å². The molecular formula is C23H24ClFN6O. The Labute approximate surface area is 190 Å². The lowest BCUT2D eigenvalue weighted by molar-refractivity contribution is -0.00295. The number of hydrogen-bond donors (Lipinski definition) is 2. The Balaban J connectivity index is 1.42. The molecule has 0 unspecified atom stereocenters. The number of hydrogen-bond acceptors (Lipinski definition) is 5. The molecule has 0 spiro atoms. The van der Waals surface area contributed by atoms with E-state index < -0.39 is 5.82 Å². The number of β-amino-alcohol motifs (C(OH)–C–C–N with tert-alkyl or cyclic N) is 1. The lowest BCUT2D eigenvalue weighted by Gasteiger charge is -2.35. The fraction of sp³-hybridized carbons (Fsp3) is 0.304. The zero-order valence-corrected chi connectivity index (χ0v) is 18.9. The number of aryl methyl sites for hydroxylation is 2. The summed E-state index contributed by atoms with van der Waals surface area (Å²) in [6, 6.07) is 5.84. The van der Waals surface area contributed by atoms with E-state index >= 15 is 0 Å². The maximum atomic E-state index is 14.6. The first kappa shape index (κ1) is 20.9. The van der Waals surface area contributed by atoms with Gasteiger partial charge in [0.15, 0.2) is 11.6 Å². The van der Waals surface area contributed by atoms with Crippen molar-refractivity contribution in [3.63, 3.8) is 0 Å². The zero-order valence-electron chi connectivity index (χ0n) is 18.1. The molecule has 4 heterocycles. The van der Waals surface area contributed by atoms with Gasteiger partial charge >= 0.3 is 0 Å². The van der Waals surface area contributed by atoms with Gasteiger partial charge in [-0.2, -0.15) is 4.98 Å². The molecule has 5 rings (SSSR count). The van der Waals surface area contributed by atoms with E-state index in [1.54, 1.807) is 4.57 Å². The monoisotopic (exact) mass is 454 g/mol. The second kappa shape index (κ2) is 7.88.